The molecule has 0 amide bonds. The van der Waals surface area contributed by atoms with Gasteiger partial charge in [0.05, 0.1) is 11.4 Å². The van der Waals surface area contributed by atoms with E-state index in [1.807, 2.05) is 92.7 Å². The molecule has 4 nitrogen and oxygen atoms in total. The predicted molar refractivity (Wildman–Crippen MR) is 110 cm³/mol. The van der Waals surface area contributed by atoms with Crippen molar-refractivity contribution in [3.63, 3.8) is 0 Å². The first-order chi connectivity index (χ1) is 13.1. The molecule has 0 bridgehead atoms. The van der Waals surface area contributed by atoms with Gasteiger partial charge >= 0.3 is 0 Å². The topological polar surface area (TPSA) is 53.8 Å². The third-order valence-electron chi connectivity index (χ3n) is 3.93. The molecule has 134 valence electrons. The molecule has 0 atom stereocenters. The van der Waals surface area contributed by atoms with Gasteiger partial charge in [0, 0.05) is 23.0 Å². The molecule has 3 aromatic carbocycles. The molecule has 0 fully saturated rings. The zero-order valence-electron chi connectivity index (χ0n) is 15.4. The van der Waals surface area contributed by atoms with Crippen LogP contribution in [0.1, 0.15) is 22.8 Å². The van der Waals surface area contributed by atoms with Crippen molar-refractivity contribution in [3.05, 3.63) is 102 Å². The fourth-order valence-electron chi connectivity index (χ4n) is 2.48. The van der Waals surface area contributed by atoms with E-state index in [1.54, 1.807) is 6.08 Å². The number of carbonyl (C=O) groups excluding carboxylic acids is 1. The Balaban J connectivity index is 1.62. The van der Waals surface area contributed by atoms with Crippen molar-refractivity contribution >= 4 is 22.8 Å². The number of rotatable bonds is 6. The van der Waals surface area contributed by atoms with Crippen molar-refractivity contribution in [3.8, 4) is 0 Å². The molecule has 4 heteroatoms. The summed E-state index contributed by atoms with van der Waals surface area (Å²) in [5.74, 6) is -0.0201. The number of hydrogen-bond acceptors (Lipinski definition) is 4. The monoisotopic (exact) mass is 355 g/mol. The fourth-order valence-corrected chi connectivity index (χ4v) is 2.48. The van der Waals surface area contributed by atoms with Crippen LogP contribution in [0.4, 0.5) is 17.1 Å². The second kappa shape index (κ2) is 8.72. The SMILES string of the molecule is C/C(=C\C(=O)c1ccc(C)cc1)Nc1ccc(N=Nc2ccccc2)cc1. The van der Waals surface area contributed by atoms with Gasteiger partial charge in [-0.25, -0.2) is 0 Å². The molecule has 0 aliphatic heterocycles. The summed E-state index contributed by atoms with van der Waals surface area (Å²) in [4.78, 5) is 12.3. The summed E-state index contributed by atoms with van der Waals surface area (Å²) in [6.07, 6.45) is 1.60. The van der Waals surface area contributed by atoms with E-state index < -0.39 is 0 Å². The van der Waals surface area contributed by atoms with Crippen molar-refractivity contribution in [1.29, 1.82) is 0 Å². The van der Waals surface area contributed by atoms with Gasteiger partial charge in [-0.3, -0.25) is 4.79 Å². The molecular weight excluding hydrogens is 334 g/mol. The molecule has 0 radical (unpaired) electrons. The van der Waals surface area contributed by atoms with Gasteiger partial charge in [-0.15, -0.1) is 0 Å². The average Bonchev–Trinajstić information content (AvgIpc) is 2.68. The molecule has 0 saturated carbocycles. The lowest BCUT2D eigenvalue weighted by atomic mass is 10.1. The van der Waals surface area contributed by atoms with Gasteiger partial charge in [-0.2, -0.15) is 10.2 Å². The molecule has 0 aliphatic carbocycles. The maximum absolute atomic E-state index is 12.3. The van der Waals surface area contributed by atoms with E-state index in [2.05, 4.69) is 15.5 Å². The smallest absolute Gasteiger partial charge is 0.187 e. The van der Waals surface area contributed by atoms with Gasteiger partial charge in [0.15, 0.2) is 5.78 Å². The molecule has 1 N–H and O–H groups in total. The van der Waals surface area contributed by atoms with Crippen LogP contribution in [0.2, 0.25) is 0 Å². The lowest BCUT2D eigenvalue weighted by Gasteiger charge is -2.07. The molecule has 0 heterocycles. The van der Waals surface area contributed by atoms with E-state index >= 15 is 0 Å². The number of allylic oxidation sites excluding steroid dienone is 2. The number of aryl methyl sites for hydroxylation is 1. The third kappa shape index (κ3) is 5.47. The van der Waals surface area contributed by atoms with Gasteiger partial charge in [0.1, 0.15) is 0 Å². The Labute approximate surface area is 159 Å². The highest BCUT2D eigenvalue weighted by molar-refractivity contribution is 6.05. The largest absolute Gasteiger partial charge is 0.359 e. The number of nitrogens with one attached hydrogen (secondary N) is 1. The van der Waals surface area contributed by atoms with E-state index in [0.29, 0.717) is 5.56 Å². The maximum Gasteiger partial charge on any atom is 0.187 e. The Kier molecular flexibility index (Phi) is 5.90. The van der Waals surface area contributed by atoms with Gasteiger partial charge in [0.25, 0.3) is 0 Å². The van der Waals surface area contributed by atoms with E-state index in [9.17, 15) is 4.79 Å². The quantitative estimate of drug-likeness (QED) is 0.307. The van der Waals surface area contributed by atoms with Gasteiger partial charge < -0.3 is 5.32 Å². The molecular formula is C23H21N3O. The summed E-state index contributed by atoms with van der Waals surface area (Å²) < 4.78 is 0. The number of carbonyl (C=O) groups is 1. The van der Waals surface area contributed by atoms with E-state index in [-0.39, 0.29) is 5.78 Å². The van der Waals surface area contributed by atoms with E-state index in [4.69, 9.17) is 0 Å². The van der Waals surface area contributed by atoms with Crippen molar-refractivity contribution in [1.82, 2.24) is 0 Å². The lowest BCUT2D eigenvalue weighted by Crippen LogP contribution is -2.01. The molecule has 3 aromatic rings. The Morgan fingerprint density at radius 1 is 0.815 bits per heavy atom. The van der Waals surface area contributed by atoms with E-state index in [0.717, 1.165) is 28.3 Å². The summed E-state index contributed by atoms with van der Waals surface area (Å²) in [5, 5.41) is 11.6. The van der Waals surface area contributed by atoms with Crippen LogP contribution in [-0.2, 0) is 0 Å². The number of azo groups is 1. The zero-order chi connectivity index (χ0) is 19.1. The Morgan fingerprint density at radius 3 is 2.04 bits per heavy atom. The van der Waals surface area contributed by atoms with Gasteiger partial charge in [-0.05, 0) is 50.2 Å². The number of ketones is 1. The zero-order valence-corrected chi connectivity index (χ0v) is 15.4. The van der Waals surface area contributed by atoms with Crippen molar-refractivity contribution < 1.29 is 4.79 Å². The number of hydrogen-bond donors (Lipinski definition) is 1. The highest BCUT2D eigenvalue weighted by atomic mass is 16.1. The van der Waals surface area contributed by atoms with Crippen LogP contribution in [0.5, 0.6) is 0 Å². The molecule has 0 aromatic heterocycles. The highest BCUT2D eigenvalue weighted by Gasteiger charge is 2.03. The van der Waals surface area contributed by atoms with Crippen LogP contribution in [0.25, 0.3) is 0 Å². The summed E-state index contributed by atoms with van der Waals surface area (Å²) >= 11 is 0. The van der Waals surface area contributed by atoms with Crippen LogP contribution in [0, 0.1) is 6.92 Å². The number of anilines is 1. The Bertz CT molecular complexity index is 957. The summed E-state index contributed by atoms with van der Waals surface area (Å²) in [7, 11) is 0. The van der Waals surface area contributed by atoms with Crippen molar-refractivity contribution in [2.24, 2.45) is 10.2 Å². The van der Waals surface area contributed by atoms with Gasteiger partial charge in [-0.1, -0.05) is 48.0 Å². The third-order valence-corrected chi connectivity index (χ3v) is 3.93. The van der Waals surface area contributed by atoms with Crippen molar-refractivity contribution in [2.75, 3.05) is 5.32 Å². The second-order valence-electron chi connectivity index (χ2n) is 6.27. The Hall–Kier alpha value is -3.53. The van der Waals surface area contributed by atoms with Crippen molar-refractivity contribution in [2.45, 2.75) is 13.8 Å². The highest BCUT2D eigenvalue weighted by Crippen LogP contribution is 2.20. The first-order valence-electron chi connectivity index (χ1n) is 8.73. The van der Waals surface area contributed by atoms with Crippen LogP contribution < -0.4 is 5.32 Å². The van der Waals surface area contributed by atoms with Crippen LogP contribution in [0.15, 0.2) is 101 Å². The molecule has 0 unspecified atom stereocenters. The minimum Gasteiger partial charge on any atom is -0.359 e. The molecule has 0 spiro atoms. The Morgan fingerprint density at radius 2 is 1.41 bits per heavy atom. The number of benzene rings is 3. The lowest BCUT2D eigenvalue weighted by molar-refractivity contribution is 0.104. The molecule has 3 rings (SSSR count). The standard InChI is InChI=1S/C23H21N3O/c1-17-8-10-19(11-9-17)23(27)16-18(2)24-20-12-14-22(15-13-20)26-25-21-6-4-3-5-7-21/h3-16,24H,1-2H3/b18-16+,26-25?. The minimum absolute atomic E-state index is 0.0201. The molecule has 0 saturated heterocycles. The summed E-state index contributed by atoms with van der Waals surface area (Å²) in [6.45, 7) is 3.87. The summed E-state index contributed by atoms with van der Waals surface area (Å²) in [5.41, 5.74) is 5.06. The number of nitrogens with zero attached hydrogens (tertiary/aromatic N) is 2. The summed E-state index contributed by atoms with van der Waals surface area (Å²) in [6, 6.07) is 24.7. The van der Waals surface area contributed by atoms with Crippen LogP contribution in [-0.4, -0.2) is 5.78 Å². The first-order valence-corrected chi connectivity index (χ1v) is 8.73. The second-order valence-corrected chi connectivity index (χ2v) is 6.27. The van der Waals surface area contributed by atoms with E-state index in [1.165, 1.54) is 0 Å². The first kappa shape index (κ1) is 18.3. The molecule has 27 heavy (non-hydrogen) atoms. The van der Waals surface area contributed by atoms with Gasteiger partial charge in [0.2, 0.25) is 0 Å². The van der Waals surface area contributed by atoms with Crippen LogP contribution >= 0.6 is 0 Å². The normalized spacial score (nSPS) is 11.6. The molecule has 0 aliphatic rings. The van der Waals surface area contributed by atoms with Crippen LogP contribution in [0.3, 0.4) is 0 Å². The minimum atomic E-state index is -0.0201. The predicted octanol–water partition coefficient (Wildman–Crippen LogP) is 6.61. The maximum atomic E-state index is 12.3. The average molecular weight is 355 g/mol. The fraction of sp³-hybridized carbons (Fsp3) is 0.0870.